The Kier molecular flexibility index (Phi) is 3.71. The summed E-state index contributed by atoms with van der Waals surface area (Å²) < 4.78 is 29.0. The van der Waals surface area contributed by atoms with E-state index >= 15 is 0 Å². The summed E-state index contributed by atoms with van der Waals surface area (Å²) in [5.41, 5.74) is 1.81. The van der Waals surface area contributed by atoms with Crippen LogP contribution in [-0.2, 0) is 11.8 Å². The molecule has 0 fully saturated rings. The molecule has 0 atom stereocenters. The third-order valence-corrected chi connectivity index (χ3v) is 2.83. The van der Waals surface area contributed by atoms with E-state index in [-0.39, 0.29) is 0 Å². The first kappa shape index (κ1) is 14.4. The van der Waals surface area contributed by atoms with Crippen LogP contribution in [0.4, 0.5) is 14.5 Å². The van der Waals surface area contributed by atoms with E-state index in [4.69, 9.17) is 0 Å². The van der Waals surface area contributed by atoms with E-state index in [1.807, 2.05) is 11.6 Å². The summed E-state index contributed by atoms with van der Waals surface area (Å²) >= 11 is 0. The van der Waals surface area contributed by atoms with Crippen LogP contribution in [0.15, 0.2) is 24.5 Å². The van der Waals surface area contributed by atoms with Gasteiger partial charge in [-0.05, 0) is 32.3 Å². The Morgan fingerprint density at radius 1 is 1.45 bits per heavy atom. The van der Waals surface area contributed by atoms with E-state index in [0.29, 0.717) is 11.2 Å². The first-order valence-electron chi connectivity index (χ1n) is 6.05. The van der Waals surface area contributed by atoms with Gasteiger partial charge in [-0.1, -0.05) is 0 Å². The fourth-order valence-corrected chi connectivity index (χ4v) is 1.91. The van der Waals surface area contributed by atoms with Gasteiger partial charge in [0, 0.05) is 12.7 Å². The lowest BCUT2D eigenvalue weighted by atomic mass is 10.2. The van der Waals surface area contributed by atoms with Crippen molar-refractivity contribution in [2.75, 3.05) is 26.0 Å². The summed E-state index contributed by atoms with van der Waals surface area (Å²) in [6, 6.07) is 4.87. The standard InChI is InChI=1S/C13H16F2N4O/c1-18(2)7-13(14,15)12(20)17-9-4-5-11-10(6-9)16-8-19(11)3/h4-6,8H,7H2,1-3H3,(H,17,20). The van der Waals surface area contributed by atoms with Crippen molar-refractivity contribution in [2.24, 2.45) is 7.05 Å². The van der Waals surface area contributed by atoms with Crippen LogP contribution in [0.3, 0.4) is 0 Å². The predicted octanol–water partition coefficient (Wildman–Crippen LogP) is 1.71. The maximum atomic E-state index is 13.6. The molecule has 0 spiro atoms. The second kappa shape index (κ2) is 5.16. The van der Waals surface area contributed by atoms with Crippen molar-refractivity contribution in [3.8, 4) is 0 Å². The normalized spacial score (nSPS) is 12.1. The fraction of sp³-hybridized carbons (Fsp3) is 0.385. The number of carbonyl (C=O) groups is 1. The van der Waals surface area contributed by atoms with Crippen LogP contribution >= 0.6 is 0 Å². The number of amides is 1. The van der Waals surface area contributed by atoms with Crippen LogP contribution in [0.1, 0.15) is 0 Å². The summed E-state index contributed by atoms with van der Waals surface area (Å²) in [5.74, 6) is -4.76. The molecule has 20 heavy (non-hydrogen) atoms. The highest BCUT2D eigenvalue weighted by atomic mass is 19.3. The molecule has 5 nitrogen and oxygen atoms in total. The van der Waals surface area contributed by atoms with Crippen molar-refractivity contribution >= 4 is 22.6 Å². The number of aryl methyl sites for hydroxylation is 1. The van der Waals surface area contributed by atoms with Crippen molar-refractivity contribution in [1.82, 2.24) is 14.5 Å². The number of aromatic nitrogens is 2. The lowest BCUT2D eigenvalue weighted by Crippen LogP contribution is -2.42. The van der Waals surface area contributed by atoms with Crippen molar-refractivity contribution in [2.45, 2.75) is 5.92 Å². The van der Waals surface area contributed by atoms with Gasteiger partial charge in [-0.15, -0.1) is 0 Å². The Balaban J connectivity index is 2.17. The number of nitrogens with one attached hydrogen (secondary N) is 1. The molecular weight excluding hydrogens is 266 g/mol. The Bertz CT molecular complexity index is 636. The lowest BCUT2D eigenvalue weighted by Gasteiger charge is -2.19. The topological polar surface area (TPSA) is 50.2 Å². The van der Waals surface area contributed by atoms with Crippen LogP contribution in [0.2, 0.25) is 0 Å². The molecule has 0 saturated heterocycles. The molecular formula is C13H16F2N4O. The molecule has 0 radical (unpaired) electrons. The first-order valence-corrected chi connectivity index (χ1v) is 6.05. The van der Waals surface area contributed by atoms with Crippen molar-refractivity contribution in [3.05, 3.63) is 24.5 Å². The van der Waals surface area contributed by atoms with Crippen molar-refractivity contribution < 1.29 is 13.6 Å². The van der Waals surface area contributed by atoms with Crippen molar-refractivity contribution in [3.63, 3.8) is 0 Å². The number of fused-ring (bicyclic) bond motifs is 1. The predicted molar refractivity (Wildman–Crippen MR) is 72.8 cm³/mol. The third-order valence-electron chi connectivity index (χ3n) is 2.83. The number of hydrogen-bond acceptors (Lipinski definition) is 3. The van der Waals surface area contributed by atoms with Crippen LogP contribution in [0.5, 0.6) is 0 Å². The Morgan fingerprint density at radius 3 is 2.80 bits per heavy atom. The highest BCUT2D eigenvalue weighted by Crippen LogP contribution is 2.21. The number of carbonyl (C=O) groups excluding carboxylic acids is 1. The number of benzene rings is 1. The summed E-state index contributed by atoms with van der Waals surface area (Å²) in [6.45, 7) is -0.634. The number of rotatable bonds is 4. The molecule has 0 bridgehead atoms. The van der Waals surface area contributed by atoms with E-state index in [0.717, 1.165) is 5.52 Å². The van der Waals surface area contributed by atoms with Crippen LogP contribution < -0.4 is 5.32 Å². The van der Waals surface area contributed by atoms with Gasteiger partial charge in [-0.3, -0.25) is 4.79 Å². The first-order chi connectivity index (χ1) is 9.29. The average Bonchev–Trinajstić information content (AvgIpc) is 2.69. The SMILES string of the molecule is CN(C)CC(F)(F)C(=O)Nc1ccc2c(c1)ncn2C. The van der Waals surface area contributed by atoms with E-state index < -0.39 is 18.4 Å². The van der Waals surface area contributed by atoms with Crippen LogP contribution in [-0.4, -0.2) is 46.9 Å². The van der Waals surface area contributed by atoms with Gasteiger partial charge < -0.3 is 14.8 Å². The average molecular weight is 282 g/mol. The van der Waals surface area contributed by atoms with Gasteiger partial charge in [-0.2, -0.15) is 8.78 Å². The van der Waals surface area contributed by atoms with Gasteiger partial charge >= 0.3 is 5.92 Å². The minimum atomic E-state index is -3.44. The Hall–Kier alpha value is -2.02. The minimum Gasteiger partial charge on any atom is -0.334 e. The Morgan fingerprint density at radius 2 is 2.15 bits per heavy atom. The minimum absolute atomic E-state index is 0.305. The number of halogens is 2. The highest BCUT2D eigenvalue weighted by molar-refractivity contribution is 5.97. The van der Waals surface area contributed by atoms with Gasteiger partial charge in [0.25, 0.3) is 5.91 Å². The molecule has 0 aliphatic rings. The second-order valence-corrected chi connectivity index (χ2v) is 4.96. The van der Waals surface area contributed by atoms with Gasteiger partial charge in [-0.25, -0.2) is 4.98 Å². The molecule has 108 valence electrons. The number of imidazole rings is 1. The largest absolute Gasteiger partial charge is 0.337 e. The van der Waals surface area contributed by atoms with Gasteiger partial charge in [0.2, 0.25) is 0 Å². The van der Waals surface area contributed by atoms with Crippen molar-refractivity contribution in [1.29, 1.82) is 0 Å². The number of anilines is 1. The molecule has 1 aromatic carbocycles. The maximum Gasteiger partial charge on any atom is 0.337 e. The molecule has 2 aromatic rings. The molecule has 1 heterocycles. The van der Waals surface area contributed by atoms with E-state index in [1.54, 1.807) is 24.5 Å². The zero-order valence-electron chi connectivity index (χ0n) is 11.5. The monoisotopic (exact) mass is 282 g/mol. The van der Waals surface area contributed by atoms with Gasteiger partial charge in [0.05, 0.1) is 23.9 Å². The van der Waals surface area contributed by atoms with Gasteiger partial charge in [0.15, 0.2) is 0 Å². The molecule has 1 amide bonds. The molecule has 1 N–H and O–H groups in total. The smallest absolute Gasteiger partial charge is 0.334 e. The molecule has 1 aromatic heterocycles. The van der Waals surface area contributed by atoms with Crippen LogP contribution in [0, 0.1) is 0 Å². The van der Waals surface area contributed by atoms with Crippen LogP contribution in [0.25, 0.3) is 11.0 Å². The molecule has 0 aliphatic heterocycles. The fourth-order valence-electron chi connectivity index (χ4n) is 1.91. The summed E-state index contributed by atoms with van der Waals surface area (Å²) in [7, 11) is 4.81. The van der Waals surface area contributed by atoms with E-state index in [9.17, 15) is 13.6 Å². The lowest BCUT2D eigenvalue weighted by molar-refractivity contribution is -0.141. The molecule has 7 heteroatoms. The number of alkyl halides is 2. The Labute approximate surface area is 115 Å². The zero-order valence-corrected chi connectivity index (χ0v) is 11.5. The van der Waals surface area contributed by atoms with E-state index in [1.165, 1.54) is 19.0 Å². The number of hydrogen-bond donors (Lipinski definition) is 1. The summed E-state index contributed by atoms with van der Waals surface area (Å²) in [6.07, 6.45) is 1.62. The maximum absolute atomic E-state index is 13.6. The second-order valence-electron chi connectivity index (χ2n) is 4.96. The highest BCUT2D eigenvalue weighted by Gasteiger charge is 2.39. The number of nitrogens with zero attached hydrogens (tertiary/aromatic N) is 3. The third kappa shape index (κ3) is 2.93. The zero-order chi connectivity index (χ0) is 14.9. The molecule has 0 saturated carbocycles. The quantitative estimate of drug-likeness (QED) is 0.928. The van der Waals surface area contributed by atoms with Gasteiger partial charge in [0.1, 0.15) is 0 Å². The molecule has 0 unspecified atom stereocenters. The van der Waals surface area contributed by atoms with E-state index in [2.05, 4.69) is 10.3 Å². The summed E-state index contributed by atoms with van der Waals surface area (Å²) in [5, 5.41) is 2.22. The summed E-state index contributed by atoms with van der Waals surface area (Å²) in [4.78, 5) is 17.0. The molecule has 2 rings (SSSR count). The molecule has 0 aliphatic carbocycles.